The number of hydrogen-bond donors (Lipinski definition) is 1. The van der Waals surface area contributed by atoms with E-state index in [1.54, 1.807) is 12.1 Å². The molecule has 7 heteroatoms. The molecule has 3 aromatic carbocycles. The Morgan fingerprint density at radius 3 is 2.72 bits per heavy atom. The molecule has 1 N–H and O–H groups in total. The van der Waals surface area contributed by atoms with E-state index in [9.17, 15) is 9.59 Å². The van der Waals surface area contributed by atoms with Crippen LogP contribution in [-0.4, -0.2) is 29.3 Å². The summed E-state index contributed by atoms with van der Waals surface area (Å²) in [6.45, 7) is 5.30. The van der Waals surface area contributed by atoms with Crippen molar-refractivity contribution in [1.82, 2.24) is 9.78 Å². The number of rotatable bonds is 6. The van der Waals surface area contributed by atoms with Crippen molar-refractivity contribution in [3.63, 3.8) is 0 Å². The first-order chi connectivity index (χ1) is 17.5. The highest BCUT2D eigenvalue weighted by Crippen LogP contribution is 2.32. The number of hydrogen-bond acceptors (Lipinski definition) is 6. The first-order valence-electron chi connectivity index (χ1n) is 12.0. The van der Waals surface area contributed by atoms with E-state index in [1.807, 2.05) is 73.3 Å². The smallest absolute Gasteiger partial charge is 0.193 e. The molecular formula is C29H25N3O4. The fourth-order valence-corrected chi connectivity index (χ4v) is 4.70. The summed E-state index contributed by atoms with van der Waals surface area (Å²) in [4.78, 5) is 24.7. The van der Waals surface area contributed by atoms with E-state index in [0.29, 0.717) is 35.5 Å². The van der Waals surface area contributed by atoms with Crippen LogP contribution < -0.4 is 10.7 Å². The Balaban J connectivity index is 1.43. The number of carbonyl (C=O) groups is 1. The molecule has 2 aromatic heterocycles. The first-order valence-corrected chi connectivity index (χ1v) is 12.0. The van der Waals surface area contributed by atoms with E-state index >= 15 is 0 Å². The SMILES string of the molecule is Cc1cc(C(C)Nc2ccccc2C=O)c2oc(-c3ccc4nn(C5COC5)cc4c3)cc(=O)c2c1. The van der Waals surface area contributed by atoms with Crippen LogP contribution in [0.1, 0.15) is 40.5 Å². The average Bonchev–Trinajstić information content (AvgIpc) is 3.25. The maximum absolute atomic E-state index is 13.2. The number of aryl methyl sites for hydroxylation is 1. The second-order valence-corrected chi connectivity index (χ2v) is 9.35. The largest absolute Gasteiger partial charge is 0.455 e. The maximum atomic E-state index is 13.2. The van der Waals surface area contributed by atoms with Gasteiger partial charge in [-0.1, -0.05) is 18.2 Å². The van der Waals surface area contributed by atoms with Gasteiger partial charge in [0.25, 0.3) is 0 Å². The predicted molar refractivity (Wildman–Crippen MR) is 140 cm³/mol. The molecule has 36 heavy (non-hydrogen) atoms. The van der Waals surface area contributed by atoms with Crippen molar-refractivity contribution in [2.75, 3.05) is 18.5 Å². The quantitative estimate of drug-likeness (QED) is 0.316. The molecule has 0 saturated carbocycles. The van der Waals surface area contributed by atoms with E-state index in [0.717, 1.165) is 39.6 Å². The molecule has 1 fully saturated rings. The van der Waals surface area contributed by atoms with Gasteiger partial charge < -0.3 is 14.5 Å². The Bertz CT molecular complexity index is 1680. The Labute approximate surface area is 207 Å². The lowest BCUT2D eigenvalue weighted by atomic mass is 10.00. The summed E-state index contributed by atoms with van der Waals surface area (Å²) in [7, 11) is 0. The van der Waals surface area contributed by atoms with Gasteiger partial charge in [0.05, 0.1) is 36.2 Å². The van der Waals surface area contributed by atoms with Gasteiger partial charge >= 0.3 is 0 Å². The number of ether oxygens (including phenoxy) is 1. The standard InChI is InChI=1S/C29H25N3O4/c1-17-9-23(18(2)30-25-6-4-3-5-20(25)14-33)29-24(10-17)27(34)12-28(36-29)19-7-8-26-21(11-19)13-32(31-26)22-15-35-16-22/h3-14,18,22,30H,15-16H2,1-2H3. The zero-order valence-corrected chi connectivity index (χ0v) is 20.0. The number of nitrogens with zero attached hydrogens (tertiary/aromatic N) is 2. The fraction of sp³-hybridized carbons (Fsp3) is 0.207. The van der Waals surface area contributed by atoms with Gasteiger partial charge in [-0.3, -0.25) is 14.3 Å². The number of para-hydroxylation sites is 1. The van der Waals surface area contributed by atoms with Gasteiger partial charge in [0, 0.05) is 40.0 Å². The van der Waals surface area contributed by atoms with Crippen LogP contribution in [0.2, 0.25) is 0 Å². The van der Waals surface area contributed by atoms with Crippen molar-refractivity contribution in [2.45, 2.75) is 25.9 Å². The van der Waals surface area contributed by atoms with Crippen LogP contribution in [0, 0.1) is 6.92 Å². The number of aromatic nitrogens is 2. The Kier molecular flexibility index (Phi) is 5.42. The molecule has 180 valence electrons. The van der Waals surface area contributed by atoms with Crippen molar-refractivity contribution < 1.29 is 13.9 Å². The monoisotopic (exact) mass is 479 g/mol. The Morgan fingerprint density at radius 2 is 1.94 bits per heavy atom. The van der Waals surface area contributed by atoms with Gasteiger partial charge in [-0.05, 0) is 55.8 Å². The molecule has 7 nitrogen and oxygen atoms in total. The minimum Gasteiger partial charge on any atom is -0.455 e. The third kappa shape index (κ3) is 3.87. The van der Waals surface area contributed by atoms with Crippen LogP contribution in [0.3, 0.4) is 0 Å². The summed E-state index contributed by atoms with van der Waals surface area (Å²) in [6, 6.07) is 18.7. The molecule has 6 rings (SSSR count). The molecule has 1 unspecified atom stereocenters. The number of aldehydes is 1. The molecule has 3 heterocycles. The zero-order valence-electron chi connectivity index (χ0n) is 20.0. The minimum absolute atomic E-state index is 0.0981. The number of anilines is 1. The average molecular weight is 480 g/mol. The molecule has 1 aliphatic heterocycles. The van der Waals surface area contributed by atoms with E-state index in [1.165, 1.54) is 0 Å². The van der Waals surface area contributed by atoms with E-state index in [4.69, 9.17) is 9.15 Å². The molecule has 1 aliphatic rings. The van der Waals surface area contributed by atoms with Crippen molar-refractivity contribution in [3.05, 3.63) is 93.8 Å². The van der Waals surface area contributed by atoms with Crippen LogP contribution in [0.25, 0.3) is 33.2 Å². The molecule has 1 saturated heterocycles. The summed E-state index contributed by atoms with van der Waals surface area (Å²) in [5, 5.41) is 9.57. The number of benzene rings is 3. The molecule has 1 atom stereocenters. The van der Waals surface area contributed by atoms with Crippen molar-refractivity contribution >= 4 is 33.8 Å². The molecule has 5 aromatic rings. The number of carbonyl (C=O) groups excluding carboxylic acids is 1. The summed E-state index contributed by atoms with van der Waals surface area (Å²) in [5.41, 5.74) is 5.25. The van der Waals surface area contributed by atoms with Gasteiger partial charge in [-0.25, -0.2) is 0 Å². The third-order valence-electron chi connectivity index (χ3n) is 6.73. The summed E-state index contributed by atoms with van der Waals surface area (Å²) >= 11 is 0. The van der Waals surface area contributed by atoms with E-state index < -0.39 is 0 Å². The Morgan fingerprint density at radius 1 is 1.11 bits per heavy atom. The van der Waals surface area contributed by atoms with Gasteiger partial charge in [-0.15, -0.1) is 0 Å². The molecule has 0 amide bonds. The van der Waals surface area contributed by atoms with Crippen molar-refractivity contribution in [1.29, 1.82) is 0 Å². The molecule has 0 aliphatic carbocycles. The normalized spacial score (nSPS) is 14.6. The number of fused-ring (bicyclic) bond motifs is 2. The van der Waals surface area contributed by atoms with Crippen molar-refractivity contribution in [2.24, 2.45) is 0 Å². The van der Waals surface area contributed by atoms with Crippen LogP contribution in [0.4, 0.5) is 5.69 Å². The molecular weight excluding hydrogens is 454 g/mol. The lowest BCUT2D eigenvalue weighted by Gasteiger charge is -2.25. The van der Waals surface area contributed by atoms with Gasteiger partial charge in [-0.2, -0.15) is 5.10 Å². The van der Waals surface area contributed by atoms with Crippen LogP contribution in [0.15, 0.2) is 76.1 Å². The predicted octanol–water partition coefficient (Wildman–Crippen LogP) is 5.68. The van der Waals surface area contributed by atoms with E-state index in [-0.39, 0.29) is 17.5 Å². The zero-order chi connectivity index (χ0) is 24.8. The first kappa shape index (κ1) is 22.2. The van der Waals surface area contributed by atoms with Gasteiger partial charge in [0.2, 0.25) is 0 Å². The molecule has 0 bridgehead atoms. The molecule has 0 radical (unpaired) electrons. The fourth-order valence-electron chi connectivity index (χ4n) is 4.70. The maximum Gasteiger partial charge on any atom is 0.193 e. The third-order valence-corrected chi connectivity index (χ3v) is 6.73. The highest BCUT2D eigenvalue weighted by atomic mass is 16.5. The lowest BCUT2D eigenvalue weighted by Crippen LogP contribution is -2.30. The van der Waals surface area contributed by atoms with E-state index in [2.05, 4.69) is 10.4 Å². The number of nitrogens with one attached hydrogen (secondary N) is 1. The van der Waals surface area contributed by atoms with Gasteiger partial charge in [0.15, 0.2) is 11.7 Å². The Hall–Kier alpha value is -4.23. The summed E-state index contributed by atoms with van der Waals surface area (Å²) < 4.78 is 13.6. The minimum atomic E-state index is -0.211. The molecule has 0 spiro atoms. The second-order valence-electron chi connectivity index (χ2n) is 9.35. The summed E-state index contributed by atoms with van der Waals surface area (Å²) in [5.74, 6) is 0.500. The van der Waals surface area contributed by atoms with Crippen LogP contribution in [-0.2, 0) is 4.74 Å². The second kappa shape index (κ2) is 8.77. The highest BCUT2D eigenvalue weighted by molar-refractivity contribution is 5.87. The van der Waals surface area contributed by atoms with Crippen LogP contribution >= 0.6 is 0 Å². The van der Waals surface area contributed by atoms with Crippen LogP contribution in [0.5, 0.6) is 0 Å². The highest BCUT2D eigenvalue weighted by Gasteiger charge is 2.22. The topological polar surface area (TPSA) is 86.4 Å². The summed E-state index contributed by atoms with van der Waals surface area (Å²) in [6.07, 6.45) is 2.84. The van der Waals surface area contributed by atoms with Crippen molar-refractivity contribution in [3.8, 4) is 11.3 Å². The van der Waals surface area contributed by atoms with Gasteiger partial charge in [0.1, 0.15) is 11.3 Å². The lowest BCUT2D eigenvalue weighted by molar-refractivity contribution is -0.0283.